The number of hydrogen-bond donors (Lipinski definition) is 1. The molecule has 0 bridgehead atoms. The van der Waals surface area contributed by atoms with Crippen molar-refractivity contribution < 1.29 is 9.90 Å². The highest BCUT2D eigenvalue weighted by Crippen LogP contribution is 2.31. The summed E-state index contributed by atoms with van der Waals surface area (Å²) in [7, 11) is 0. The molecule has 2 atom stereocenters. The summed E-state index contributed by atoms with van der Waals surface area (Å²) in [6.07, 6.45) is 3.51. The van der Waals surface area contributed by atoms with E-state index in [4.69, 9.17) is 0 Å². The predicted octanol–water partition coefficient (Wildman–Crippen LogP) is 2.75. The van der Waals surface area contributed by atoms with E-state index in [2.05, 4.69) is 17.9 Å². The number of carbonyl (C=O) groups is 1. The van der Waals surface area contributed by atoms with Crippen LogP contribution in [-0.2, 0) is 11.2 Å². The zero-order valence-electron chi connectivity index (χ0n) is 14.3. The van der Waals surface area contributed by atoms with E-state index in [-0.39, 0.29) is 5.91 Å². The second-order valence-electron chi connectivity index (χ2n) is 7.06. The standard InChI is InChI=1S/C19H28N2O2/c1-3-19(23)21-10-8-15-11-16(6-7-17(15)21)18(22)13-20-9-4-5-14(2)12-20/h6-7,11,14,18,22H,3-5,8-10,12-13H2,1-2H3. The number of fused-ring (bicyclic) bond motifs is 1. The topological polar surface area (TPSA) is 43.8 Å². The van der Waals surface area contributed by atoms with Crippen molar-refractivity contribution in [1.29, 1.82) is 0 Å². The van der Waals surface area contributed by atoms with Gasteiger partial charge < -0.3 is 14.9 Å². The summed E-state index contributed by atoms with van der Waals surface area (Å²) in [6, 6.07) is 6.09. The van der Waals surface area contributed by atoms with E-state index in [1.54, 1.807) is 0 Å². The molecule has 1 aromatic rings. The van der Waals surface area contributed by atoms with Crippen LogP contribution in [0.2, 0.25) is 0 Å². The SMILES string of the molecule is CCC(=O)N1CCc2cc(C(O)CN3CCCC(C)C3)ccc21. The Hall–Kier alpha value is -1.39. The summed E-state index contributed by atoms with van der Waals surface area (Å²) in [6.45, 7) is 7.84. The largest absolute Gasteiger partial charge is 0.387 e. The van der Waals surface area contributed by atoms with E-state index in [0.29, 0.717) is 13.0 Å². The minimum absolute atomic E-state index is 0.180. The van der Waals surface area contributed by atoms with Gasteiger partial charge in [0, 0.05) is 31.7 Å². The molecule has 0 spiro atoms. The van der Waals surface area contributed by atoms with E-state index >= 15 is 0 Å². The number of nitrogens with zero attached hydrogens (tertiary/aromatic N) is 2. The Morgan fingerprint density at radius 3 is 2.96 bits per heavy atom. The Bertz CT molecular complexity index is 572. The van der Waals surface area contributed by atoms with Crippen molar-refractivity contribution in [3.05, 3.63) is 29.3 Å². The summed E-state index contributed by atoms with van der Waals surface area (Å²) < 4.78 is 0. The van der Waals surface area contributed by atoms with Gasteiger partial charge >= 0.3 is 0 Å². The van der Waals surface area contributed by atoms with Crippen LogP contribution in [-0.4, -0.2) is 42.1 Å². The molecule has 1 amide bonds. The van der Waals surface area contributed by atoms with Crippen LogP contribution in [0.1, 0.15) is 50.3 Å². The molecule has 1 N–H and O–H groups in total. The molecule has 2 aliphatic rings. The lowest BCUT2D eigenvalue weighted by Gasteiger charge is -2.32. The van der Waals surface area contributed by atoms with Crippen molar-refractivity contribution in [2.24, 2.45) is 5.92 Å². The van der Waals surface area contributed by atoms with E-state index in [1.165, 1.54) is 18.4 Å². The minimum Gasteiger partial charge on any atom is -0.387 e. The first kappa shape index (κ1) is 16.5. The Balaban J connectivity index is 1.68. The molecule has 1 fully saturated rings. The van der Waals surface area contributed by atoms with Gasteiger partial charge in [-0.3, -0.25) is 4.79 Å². The highest BCUT2D eigenvalue weighted by Gasteiger charge is 2.25. The van der Waals surface area contributed by atoms with Crippen LogP contribution >= 0.6 is 0 Å². The van der Waals surface area contributed by atoms with Gasteiger partial charge in [0.2, 0.25) is 5.91 Å². The molecule has 2 unspecified atom stereocenters. The summed E-state index contributed by atoms with van der Waals surface area (Å²) in [5.74, 6) is 0.906. The lowest BCUT2D eigenvalue weighted by atomic mass is 9.98. The number of β-amino-alcohol motifs (C(OH)–C–C–N with tert-alkyl or cyclic N) is 1. The fraction of sp³-hybridized carbons (Fsp3) is 0.632. The van der Waals surface area contributed by atoms with Gasteiger partial charge in [-0.2, -0.15) is 0 Å². The van der Waals surface area contributed by atoms with Crippen LogP contribution in [0, 0.1) is 5.92 Å². The number of aliphatic hydroxyl groups is 1. The van der Waals surface area contributed by atoms with Crippen molar-refractivity contribution in [3.8, 4) is 0 Å². The second-order valence-corrected chi connectivity index (χ2v) is 7.06. The molecular weight excluding hydrogens is 288 g/mol. The first-order valence-electron chi connectivity index (χ1n) is 8.92. The van der Waals surface area contributed by atoms with Gasteiger partial charge in [-0.15, -0.1) is 0 Å². The van der Waals surface area contributed by atoms with Crippen LogP contribution in [0.4, 0.5) is 5.69 Å². The van der Waals surface area contributed by atoms with Crippen molar-refractivity contribution in [2.45, 2.75) is 45.6 Å². The average Bonchev–Trinajstić information content (AvgIpc) is 2.97. The van der Waals surface area contributed by atoms with Gasteiger partial charge in [0.1, 0.15) is 0 Å². The maximum absolute atomic E-state index is 12.0. The third-order valence-electron chi connectivity index (χ3n) is 5.16. The lowest BCUT2D eigenvalue weighted by Crippen LogP contribution is -2.37. The van der Waals surface area contributed by atoms with Gasteiger partial charge in [-0.1, -0.05) is 26.0 Å². The number of rotatable bonds is 4. The van der Waals surface area contributed by atoms with Gasteiger partial charge in [0.15, 0.2) is 0 Å². The molecule has 4 heteroatoms. The van der Waals surface area contributed by atoms with Crippen molar-refractivity contribution in [3.63, 3.8) is 0 Å². The number of piperidine rings is 1. The van der Waals surface area contributed by atoms with Crippen molar-refractivity contribution in [2.75, 3.05) is 31.1 Å². The normalized spacial score (nSPS) is 22.9. The number of anilines is 1. The van der Waals surface area contributed by atoms with Crippen LogP contribution < -0.4 is 4.90 Å². The zero-order chi connectivity index (χ0) is 16.4. The lowest BCUT2D eigenvalue weighted by molar-refractivity contribution is -0.118. The maximum atomic E-state index is 12.0. The third kappa shape index (κ3) is 3.59. The predicted molar refractivity (Wildman–Crippen MR) is 92.6 cm³/mol. The Morgan fingerprint density at radius 1 is 1.39 bits per heavy atom. The Labute approximate surface area is 139 Å². The molecule has 0 saturated carbocycles. The molecule has 2 heterocycles. The molecule has 0 aromatic heterocycles. The molecule has 0 radical (unpaired) electrons. The number of carbonyl (C=O) groups excluding carboxylic acids is 1. The molecule has 126 valence electrons. The number of aliphatic hydroxyl groups excluding tert-OH is 1. The molecule has 23 heavy (non-hydrogen) atoms. The molecule has 3 rings (SSSR count). The highest BCUT2D eigenvalue weighted by molar-refractivity contribution is 5.95. The smallest absolute Gasteiger partial charge is 0.226 e. The zero-order valence-corrected chi connectivity index (χ0v) is 14.3. The first-order valence-corrected chi connectivity index (χ1v) is 8.92. The van der Waals surface area contributed by atoms with Crippen molar-refractivity contribution in [1.82, 2.24) is 4.90 Å². The summed E-state index contributed by atoms with van der Waals surface area (Å²) in [5, 5.41) is 10.6. The van der Waals surface area contributed by atoms with E-state index in [9.17, 15) is 9.90 Å². The van der Waals surface area contributed by atoms with Crippen LogP contribution in [0.5, 0.6) is 0 Å². The first-order chi connectivity index (χ1) is 11.1. The summed E-state index contributed by atoms with van der Waals surface area (Å²) >= 11 is 0. The number of benzene rings is 1. The second kappa shape index (κ2) is 7.02. The van der Waals surface area contributed by atoms with Crippen LogP contribution in [0.3, 0.4) is 0 Å². The van der Waals surface area contributed by atoms with Crippen LogP contribution in [0.25, 0.3) is 0 Å². The molecule has 4 nitrogen and oxygen atoms in total. The quantitative estimate of drug-likeness (QED) is 0.929. The van der Waals surface area contributed by atoms with Crippen molar-refractivity contribution >= 4 is 11.6 Å². The average molecular weight is 316 g/mol. The molecule has 0 aliphatic carbocycles. The van der Waals surface area contributed by atoms with Gasteiger partial charge in [0.05, 0.1) is 6.10 Å². The summed E-state index contributed by atoms with van der Waals surface area (Å²) in [5.41, 5.74) is 3.20. The van der Waals surface area contributed by atoms with Gasteiger partial charge in [-0.05, 0) is 48.9 Å². The monoisotopic (exact) mass is 316 g/mol. The van der Waals surface area contributed by atoms with E-state index in [1.807, 2.05) is 24.0 Å². The van der Waals surface area contributed by atoms with Gasteiger partial charge in [-0.25, -0.2) is 0 Å². The number of hydrogen-bond acceptors (Lipinski definition) is 3. The van der Waals surface area contributed by atoms with Gasteiger partial charge in [0.25, 0.3) is 0 Å². The molecular formula is C19H28N2O2. The number of amides is 1. The third-order valence-corrected chi connectivity index (χ3v) is 5.16. The molecule has 1 aromatic carbocycles. The fourth-order valence-corrected chi connectivity index (χ4v) is 3.88. The Kier molecular flexibility index (Phi) is 5.02. The highest BCUT2D eigenvalue weighted by atomic mass is 16.3. The summed E-state index contributed by atoms with van der Waals surface area (Å²) in [4.78, 5) is 16.2. The van der Waals surface area contributed by atoms with Crippen LogP contribution in [0.15, 0.2) is 18.2 Å². The Morgan fingerprint density at radius 2 is 2.22 bits per heavy atom. The maximum Gasteiger partial charge on any atom is 0.226 e. The fourth-order valence-electron chi connectivity index (χ4n) is 3.88. The van der Waals surface area contributed by atoms with E-state index < -0.39 is 6.10 Å². The number of likely N-dealkylation sites (tertiary alicyclic amines) is 1. The van der Waals surface area contributed by atoms with E-state index in [0.717, 1.165) is 43.2 Å². The molecule has 1 saturated heterocycles. The molecule has 2 aliphatic heterocycles. The minimum atomic E-state index is -0.443.